The predicted molar refractivity (Wildman–Crippen MR) is 76.9 cm³/mol. The summed E-state index contributed by atoms with van der Waals surface area (Å²) in [7, 11) is 0. The van der Waals surface area contributed by atoms with Crippen LogP contribution >= 0.6 is 0 Å². The Morgan fingerprint density at radius 1 is 1.28 bits per heavy atom. The van der Waals surface area contributed by atoms with Gasteiger partial charge in [0, 0.05) is 6.04 Å². The SMILES string of the molecule is CCCNC(CC)C1C2CCc3ccccc3C21. The molecule has 1 nitrogen and oxygen atoms in total. The van der Waals surface area contributed by atoms with Gasteiger partial charge in [0.25, 0.3) is 0 Å². The van der Waals surface area contributed by atoms with Gasteiger partial charge in [-0.15, -0.1) is 0 Å². The molecular formula is C17H25N. The Bertz CT molecular complexity index is 412. The summed E-state index contributed by atoms with van der Waals surface area (Å²) >= 11 is 0. The number of rotatable bonds is 5. The van der Waals surface area contributed by atoms with E-state index in [2.05, 4.69) is 43.4 Å². The van der Waals surface area contributed by atoms with Crippen molar-refractivity contribution in [2.75, 3.05) is 6.54 Å². The topological polar surface area (TPSA) is 12.0 Å². The smallest absolute Gasteiger partial charge is 0.0101 e. The van der Waals surface area contributed by atoms with Crippen LogP contribution in [0.3, 0.4) is 0 Å². The molecule has 0 bridgehead atoms. The Hall–Kier alpha value is -0.820. The molecule has 18 heavy (non-hydrogen) atoms. The van der Waals surface area contributed by atoms with Gasteiger partial charge < -0.3 is 5.32 Å². The van der Waals surface area contributed by atoms with Crippen molar-refractivity contribution in [1.82, 2.24) is 5.32 Å². The summed E-state index contributed by atoms with van der Waals surface area (Å²) in [5.74, 6) is 2.74. The molecule has 98 valence electrons. The van der Waals surface area contributed by atoms with E-state index >= 15 is 0 Å². The van der Waals surface area contributed by atoms with Crippen LogP contribution in [-0.2, 0) is 6.42 Å². The molecule has 1 saturated carbocycles. The van der Waals surface area contributed by atoms with Crippen LogP contribution in [0.5, 0.6) is 0 Å². The molecule has 1 fully saturated rings. The predicted octanol–water partition coefficient (Wildman–Crippen LogP) is 3.74. The highest BCUT2D eigenvalue weighted by Gasteiger charge is 2.55. The van der Waals surface area contributed by atoms with E-state index < -0.39 is 0 Å². The van der Waals surface area contributed by atoms with E-state index in [1.165, 1.54) is 32.2 Å². The van der Waals surface area contributed by atoms with Crippen molar-refractivity contribution in [2.45, 2.75) is 51.5 Å². The second-order valence-corrected chi connectivity index (χ2v) is 5.97. The molecule has 1 N–H and O–H groups in total. The Morgan fingerprint density at radius 2 is 2.11 bits per heavy atom. The van der Waals surface area contributed by atoms with Crippen LogP contribution in [0.4, 0.5) is 0 Å². The first kappa shape index (κ1) is 12.2. The van der Waals surface area contributed by atoms with Gasteiger partial charge in [0.15, 0.2) is 0 Å². The zero-order valence-electron chi connectivity index (χ0n) is 11.7. The monoisotopic (exact) mass is 243 g/mol. The van der Waals surface area contributed by atoms with Gasteiger partial charge in [0.2, 0.25) is 0 Å². The van der Waals surface area contributed by atoms with E-state index in [1.54, 1.807) is 11.1 Å². The lowest BCUT2D eigenvalue weighted by atomic mass is 9.92. The van der Waals surface area contributed by atoms with E-state index in [1.807, 2.05) is 0 Å². The lowest BCUT2D eigenvalue weighted by molar-refractivity contribution is 0.423. The molecule has 2 aliphatic rings. The summed E-state index contributed by atoms with van der Waals surface area (Å²) in [4.78, 5) is 0. The van der Waals surface area contributed by atoms with Crippen molar-refractivity contribution >= 4 is 0 Å². The van der Waals surface area contributed by atoms with E-state index in [-0.39, 0.29) is 0 Å². The molecule has 0 aliphatic heterocycles. The van der Waals surface area contributed by atoms with Crippen LogP contribution in [-0.4, -0.2) is 12.6 Å². The Balaban J connectivity index is 1.75. The standard InChI is InChI=1S/C17H25N/c1-3-11-18-15(4-2)17-14-10-9-12-7-5-6-8-13(12)16(14)17/h5-8,14-18H,3-4,9-11H2,1-2H3. The van der Waals surface area contributed by atoms with Gasteiger partial charge >= 0.3 is 0 Å². The lowest BCUT2D eigenvalue weighted by Gasteiger charge is -2.17. The van der Waals surface area contributed by atoms with Gasteiger partial charge in [-0.3, -0.25) is 0 Å². The molecular weight excluding hydrogens is 218 g/mol. The lowest BCUT2D eigenvalue weighted by Crippen LogP contribution is -2.32. The molecule has 4 unspecified atom stereocenters. The van der Waals surface area contributed by atoms with Gasteiger partial charge in [-0.2, -0.15) is 0 Å². The fourth-order valence-electron chi connectivity index (χ4n) is 4.05. The average Bonchev–Trinajstić information content (AvgIpc) is 3.15. The summed E-state index contributed by atoms with van der Waals surface area (Å²) in [6, 6.07) is 9.87. The number of nitrogens with one attached hydrogen (secondary N) is 1. The molecule has 0 saturated heterocycles. The van der Waals surface area contributed by atoms with Gasteiger partial charge in [0.05, 0.1) is 0 Å². The third kappa shape index (κ3) is 1.99. The highest BCUT2D eigenvalue weighted by atomic mass is 14.9. The quantitative estimate of drug-likeness (QED) is 0.830. The highest BCUT2D eigenvalue weighted by Crippen LogP contribution is 2.61. The zero-order chi connectivity index (χ0) is 12.5. The van der Waals surface area contributed by atoms with Crippen LogP contribution in [0.25, 0.3) is 0 Å². The van der Waals surface area contributed by atoms with Crippen molar-refractivity contribution in [3.63, 3.8) is 0 Å². The maximum Gasteiger partial charge on any atom is 0.0101 e. The van der Waals surface area contributed by atoms with Crippen molar-refractivity contribution in [3.05, 3.63) is 35.4 Å². The fourth-order valence-corrected chi connectivity index (χ4v) is 4.05. The highest BCUT2D eigenvalue weighted by molar-refractivity contribution is 5.40. The number of hydrogen-bond acceptors (Lipinski definition) is 1. The molecule has 3 rings (SSSR count). The van der Waals surface area contributed by atoms with Crippen molar-refractivity contribution in [1.29, 1.82) is 0 Å². The normalized spacial score (nSPS) is 30.4. The minimum Gasteiger partial charge on any atom is -0.314 e. The number of fused-ring (bicyclic) bond motifs is 3. The molecule has 1 aromatic rings. The Morgan fingerprint density at radius 3 is 2.89 bits per heavy atom. The second kappa shape index (κ2) is 5.05. The summed E-state index contributed by atoms with van der Waals surface area (Å²) in [6.07, 6.45) is 5.24. The van der Waals surface area contributed by atoms with E-state index in [9.17, 15) is 0 Å². The van der Waals surface area contributed by atoms with E-state index in [0.29, 0.717) is 0 Å². The molecule has 2 aliphatic carbocycles. The number of benzene rings is 1. The largest absolute Gasteiger partial charge is 0.314 e. The summed E-state index contributed by atoms with van der Waals surface area (Å²) in [5, 5.41) is 3.77. The molecule has 0 radical (unpaired) electrons. The molecule has 0 heterocycles. The minimum absolute atomic E-state index is 0.742. The first-order valence-electron chi connectivity index (χ1n) is 7.68. The molecule has 1 aromatic carbocycles. The second-order valence-electron chi connectivity index (χ2n) is 5.97. The van der Waals surface area contributed by atoms with Crippen molar-refractivity contribution in [2.24, 2.45) is 11.8 Å². The number of hydrogen-bond donors (Lipinski definition) is 1. The Labute approximate surface area is 111 Å². The van der Waals surface area contributed by atoms with Crippen LogP contribution in [0.1, 0.15) is 50.2 Å². The third-order valence-electron chi connectivity index (χ3n) is 4.95. The van der Waals surface area contributed by atoms with Gasteiger partial charge in [-0.05, 0) is 61.1 Å². The zero-order valence-corrected chi connectivity index (χ0v) is 11.7. The van der Waals surface area contributed by atoms with Crippen LogP contribution in [0, 0.1) is 11.8 Å². The van der Waals surface area contributed by atoms with Gasteiger partial charge in [-0.25, -0.2) is 0 Å². The third-order valence-corrected chi connectivity index (χ3v) is 4.95. The van der Waals surface area contributed by atoms with E-state index in [4.69, 9.17) is 0 Å². The average molecular weight is 243 g/mol. The molecule has 0 amide bonds. The van der Waals surface area contributed by atoms with Crippen LogP contribution in [0.15, 0.2) is 24.3 Å². The molecule has 0 spiro atoms. The summed E-state index contributed by atoms with van der Waals surface area (Å²) in [6.45, 7) is 5.77. The van der Waals surface area contributed by atoms with Gasteiger partial charge in [0.1, 0.15) is 0 Å². The number of aryl methyl sites for hydroxylation is 1. The minimum atomic E-state index is 0.742. The fraction of sp³-hybridized carbons (Fsp3) is 0.647. The van der Waals surface area contributed by atoms with Crippen LogP contribution < -0.4 is 5.32 Å². The van der Waals surface area contributed by atoms with Gasteiger partial charge in [-0.1, -0.05) is 38.1 Å². The van der Waals surface area contributed by atoms with Crippen molar-refractivity contribution in [3.8, 4) is 0 Å². The molecule has 4 atom stereocenters. The first-order chi connectivity index (χ1) is 8.86. The molecule has 1 heteroatoms. The Kier molecular flexibility index (Phi) is 3.43. The maximum atomic E-state index is 3.77. The van der Waals surface area contributed by atoms with E-state index in [0.717, 1.165) is 23.8 Å². The molecule has 0 aromatic heterocycles. The summed E-state index contributed by atoms with van der Waals surface area (Å²) in [5.41, 5.74) is 3.28. The maximum absolute atomic E-state index is 3.77. The first-order valence-corrected chi connectivity index (χ1v) is 7.68. The van der Waals surface area contributed by atoms with Crippen LogP contribution in [0.2, 0.25) is 0 Å². The van der Waals surface area contributed by atoms with Crippen molar-refractivity contribution < 1.29 is 0 Å². The summed E-state index contributed by atoms with van der Waals surface area (Å²) < 4.78 is 0.